The lowest BCUT2D eigenvalue weighted by Crippen LogP contribution is -2.28. The summed E-state index contributed by atoms with van der Waals surface area (Å²) in [5, 5.41) is 0.465. The summed E-state index contributed by atoms with van der Waals surface area (Å²) in [5.41, 5.74) is 1.06. The first-order valence-electron chi connectivity index (χ1n) is 6.38. The van der Waals surface area contributed by atoms with Gasteiger partial charge in [0.05, 0.1) is 9.89 Å². The van der Waals surface area contributed by atoms with E-state index in [1.807, 2.05) is 6.07 Å². The summed E-state index contributed by atoms with van der Waals surface area (Å²) in [6.45, 7) is 4.33. The molecule has 0 atom stereocenters. The third-order valence-electron chi connectivity index (χ3n) is 3.66. The van der Waals surface area contributed by atoms with Crippen LogP contribution in [0.4, 0.5) is 0 Å². The molecular weight excluding hydrogens is 324 g/mol. The predicted octanol–water partition coefficient (Wildman–Crippen LogP) is 5.00. The predicted molar refractivity (Wildman–Crippen MR) is 82.5 cm³/mol. The van der Waals surface area contributed by atoms with Crippen molar-refractivity contribution >= 4 is 27.5 Å². The van der Waals surface area contributed by atoms with Gasteiger partial charge >= 0.3 is 0 Å². The minimum atomic E-state index is -0.175. The fraction of sp³-hybridized carbons (Fsp3) is 0.333. The highest BCUT2D eigenvalue weighted by Crippen LogP contribution is 2.37. The lowest BCUT2D eigenvalue weighted by molar-refractivity contribution is 0.448. The molecule has 0 bridgehead atoms. The standard InChI is InChI=1S/C15H16BrClN2/c1-3-15(4-2,11-8-6-5-7-9-11)14-18-10-12(16)13(17)19-14/h5-10H,3-4H2,1-2H3. The van der Waals surface area contributed by atoms with Gasteiger partial charge in [0.15, 0.2) is 0 Å². The van der Waals surface area contributed by atoms with Crippen LogP contribution in [0, 0.1) is 0 Å². The Hall–Kier alpha value is -0.930. The zero-order valence-corrected chi connectivity index (χ0v) is 13.4. The highest BCUT2D eigenvalue weighted by atomic mass is 79.9. The zero-order chi connectivity index (χ0) is 13.9. The summed E-state index contributed by atoms with van der Waals surface area (Å²) < 4.78 is 0.729. The van der Waals surface area contributed by atoms with E-state index < -0.39 is 0 Å². The van der Waals surface area contributed by atoms with Gasteiger partial charge in [-0.3, -0.25) is 0 Å². The molecule has 0 unspecified atom stereocenters. The first-order valence-corrected chi connectivity index (χ1v) is 7.55. The van der Waals surface area contributed by atoms with Crippen molar-refractivity contribution < 1.29 is 0 Å². The van der Waals surface area contributed by atoms with E-state index in [0.717, 1.165) is 23.1 Å². The third-order valence-corrected chi connectivity index (χ3v) is 4.76. The molecule has 2 nitrogen and oxygen atoms in total. The Kier molecular flexibility index (Phi) is 4.58. The van der Waals surface area contributed by atoms with Gasteiger partial charge in [-0.2, -0.15) is 0 Å². The molecule has 0 N–H and O–H groups in total. The molecule has 4 heteroatoms. The van der Waals surface area contributed by atoms with Crippen LogP contribution in [-0.4, -0.2) is 9.97 Å². The van der Waals surface area contributed by atoms with Gasteiger partial charge in [0.25, 0.3) is 0 Å². The van der Waals surface area contributed by atoms with Crippen LogP contribution in [0.3, 0.4) is 0 Å². The van der Waals surface area contributed by atoms with Crippen LogP contribution in [-0.2, 0) is 5.41 Å². The third kappa shape index (κ3) is 2.67. The van der Waals surface area contributed by atoms with Crippen LogP contribution in [0.25, 0.3) is 0 Å². The fourth-order valence-corrected chi connectivity index (χ4v) is 2.76. The molecule has 1 aromatic heterocycles. The molecule has 100 valence electrons. The summed E-state index contributed by atoms with van der Waals surface area (Å²) in [7, 11) is 0. The van der Waals surface area contributed by atoms with Crippen molar-refractivity contribution in [1.29, 1.82) is 0 Å². The van der Waals surface area contributed by atoms with E-state index in [-0.39, 0.29) is 5.41 Å². The highest BCUT2D eigenvalue weighted by molar-refractivity contribution is 9.10. The largest absolute Gasteiger partial charge is 0.239 e. The first-order chi connectivity index (χ1) is 9.14. The maximum atomic E-state index is 6.12. The second kappa shape index (κ2) is 6.02. The molecule has 1 heterocycles. The Balaban J connectivity index is 2.59. The Morgan fingerprint density at radius 2 is 1.79 bits per heavy atom. The van der Waals surface area contributed by atoms with Crippen LogP contribution in [0.2, 0.25) is 5.15 Å². The number of benzene rings is 1. The maximum Gasteiger partial charge on any atom is 0.146 e. The summed E-state index contributed by atoms with van der Waals surface area (Å²) >= 11 is 9.46. The number of aromatic nitrogens is 2. The zero-order valence-electron chi connectivity index (χ0n) is 11.0. The van der Waals surface area contributed by atoms with Gasteiger partial charge in [-0.1, -0.05) is 55.8 Å². The number of hydrogen-bond donors (Lipinski definition) is 0. The lowest BCUT2D eigenvalue weighted by Gasteiger charge is -2.30. The molecular formula is C15H16BrClN2. The van der Waals surface area contributed by atoms with Crippen molar-refractivity contribution in [2.45, 2.75) is 32.1 Å². The number of rotatable bonds is 4. The van der Waals surface area contributed by atoms with E-state index in [0.29, 0.717) is 5.15 Å². The molecule has 0 saturated heterocycles. The second-order valence-electron chi connectivity index (χ2n) is 4.49. The van der Waals surface area contributed by atoms with E-state index in [1.54, 1.807) is 6.20 Å². The van der Waals surface area contributed by atoms with E-state index in [1.165, 1.54) is 5.56 Å². The van der Waals surface area contributed by atoms with Crippen molar-refractivity contribution in [2.24, 2.45) is 0 Å². The Labute approximate surface area is 127 Å². The molecule has 0 radical (unpaired) electrons. The Morgan fingerprint density at radius 3 is 2.32 bits per heavy atom. The summed E-state index contributed by atoms with van der Waals surface area (Å²) in [6, 6.07) is 10.4. The summed E-state index contributed by atoms with van der Waals surface area (Å²) in [4.78, 5) is 8.96. The fourth-order valence-electron chi connectivity index (χ4n) is 2.44. The molecule has 2 rings (SSSR count). The average Bonchev–Trinajstić information content (AvgIpc) is 2.46. The first kappa shape index (κ1) is 14.5. The van der Waals surface area contributed by atoms with E-state index in [4.69, 9.17) is 11.6 Å². The number of hydrogen-bond acceptors (Lipinski definition) is 2. The van der Waals surface area contributed by atoms with Gasteiger partial charge in [0.1, 0.15) is 11.0 Å². The van der Waals surface area contributed by atoms with Gasteiger partial charge in [0, 0.05) is 6.20 Å². The quantitative estimate of drug-likeness (QED) is 0.733. The normalized spacial score (nSPS) is 11.6. The molecule has 0 aliphatic rings. The molecule has 0 saturated carbocycles. The van der Waals surface area contributed by atoms with Crippen molar-refractivity contribution in [2.75, 3.05) is 0 Å². The molecule has 2 aromatic rings. The number of halogens is 2. The topological polar surface area (TPSA) is 25.8 Å². The highest BCUT2D eigenvalue weighted by Gasteiger charge is 2.33. The number of nitrogens with zero attached hydrogens (tertiary/aromatic N) is 2. The van der Waals surface area contributed by atoms with E-state index >= 15 is 0 Å². The van der Waals surface area contributed by atoms with E-state index in [9.17, 15) is 0 Å². The van der Waals surface area contributed by atoms with Gasteiger partial charge in [-0.05, 0) is 34.3 Å². The molecule has 0 aliphatic heterocycles. The van der Waals surface area contributed by atoms with Crippen LogP contribution in [0.5, 0.6) is 0 Å². The average molecular weight is 340 g/mol. The minimum Gasteiger partial charge on any atom is -0.239 e. The van der Waals surface area contributed by atoms with Gasteiger partial charge in [0.2, 0.25) is 0 Å². The molecule has 0 fully saturated rings. The van der Waals surface area contributed by atoms with Crippen molar-refractivity contribution in [1.82, 2.24) is 9.97 Å². The molecule has 0 spiro atoms. The maximum absolute atomic E-state index is 6.12. The van der Waals surface area contributed by atoms with Gasteiger partial charge in [-0.15, -0.1) is 0 Å². The smallest absolute Gasteiger partial charge is 0.146 e. The van der Waals surface area contributed by atoms with E-state index in [2.05, 4.69) is 64.0 Å². The molecule has 0 aliphatic carbocycles. The van der Waals surface area contributed by atoms with Crippen molar-refractivity contribution in [3.8, 4) is 0 Å². The molecule has 1 aromatic carbocycles. The lowest BCUT2D eigenvalue weighted by atomic mass is 9.75. The van der Waals surface area contributed by atoms with Crippen LogP contribution in [0.1, 0.15) is 38.1 Å². The molecule has 0 amide bonds. The SMILES string of the molecule is CCC(CC)(c1ccccc1)c1ncc(Br)c(Cl)n1. The van der Waals surface area contributed by atoms with Gasteiger partial charge in [-0.25, -0.2) is 9.97 Å². The van der Waals surface area contributed by atoms with Crippen LogP contribution in [0.15, 0.2) is 41.0 Å². The minimum absolute atomic E-state index is 0.175. The van der Waals surface area contributed by atoms with Crippen LogP contribution >= 0.6 is 27.5 Å². The molecule has 19 heavy (non-hydrogen) atoms. The second-order valence-corrected chi connectivity index (χ2v) is 5.70. The summed E-state index contributed by atoms with van der Waals surface area (Å²) in [6.07, 6.45) is 3.60. The van der Waals surface area contributed by atoms with Crippen molar-refractivity contribution in [3.63, 3.8) is 0 Å². The Bertz CT molecular complexity index is 553. The van der Waals surface area contributed by atoms with Crippen LogP contribution < -0.4 is 0 Å². The van der Waals surface area contributed by atoms with Gasteiger partial charge < -0.3 is 0 Å². The monoisotopic (exact) mass is 338 g/mol. The summed E-state index contributed by atoms with van der Waals surface area (Å²) in [5.74, 6) is 0.789. The Morgan fingerprint density at radius 1 is 1.16 bits per heavy atom. The van der Waals surface area contributed by atoms with Crippen molar-refractivity contribution in [3.05, 3.63) is 57.5 Å².